The molecule has 2 nitrogen and oxygen atoms in total. The van der Waals surface area contributed by atoms with Crippen LogP contribution >= 0.6 is 11.6 Å². The van der Waals surface area contributed by atoms with Crippen LogP contribution in [0.15, 0.2) is 18.2 Å². The predicted octanol–water partition coefficient (Wildman–Crippen LogP) is 3.14. The summed E-state index contributed by atoms with van der Waals surface area (Å²) in [6, 6.07) is 4.95. The quantitative estimate of drug-likeness (QED) is 0.895. The van der Waals surface area contributed by atoms with E-state index in [9.17, 15) is 4.39 Å². The maximum atomic E-state index is 13.5. The minimum atomic E-state index is -0.214. The smallest absolute Gasteiger partial charge is 0.127 e. The highest BCUT2D eigenvalue weighted by Gasteiger charge is 2.26. The minimum absolute atomic E-state index is 0.214. The van der Waals surface area contributed by atoms with E-state index in [2.05, 4.69) is 5.32 Å². The molecular weight excluding hydrogens is 241 g/mol. The van der Waals surface area contributed by atoms with Gasteiger partial charge in [-0.3, -0.25) is 0 Å². The van der Waals surface area contributed by atoms with E-state index in [4.69, 9.17) is 16.3 Å². The van der Waals surface area contributed by atoms with Gasteiger partial charge in [-0.1, -0.05) is 11.6 Å². The topological polar surface area (TPSA) is 21.3 Å². The second kappa shape index (κ2) is 5.80. The van der Waals surface area contributed by atoms with Crippen LogP contribution in [0.1, 0.15) is 24.8 Å². The molecule has 0 aromatic heterocycles. The van der Waals surface area contributed by atoms with Crippen molar-refractivity contribution in [2.75, 3.05) is 7.11 Å². The first-order chi connectivity index (χ1) is 8.20. The summed E-state index contributed by atoms with van der Waals surface area (Å²) in [4.78, 5) is 0. The summed E-state index contributed by atoms with van der Waals surface area (Å²) in [6.45, 7) is 0.497. The average molecular weight is 258 g/mol. The van der Waals surface area contributed by atoms with Crippen LogP contribution in [0.2, 0.25) is 5.02 Å². The van der Waals surface area contributed by atoms with Crippen molar-refractivity contribution in [3.05, 3.63) is 34.6 Å². The van der Waals surface area contributed by atoms with Crippen molar-refractivity contribution >= 4 is 11.6 Å². The lowest BCUT2D eigenvalue weighted by Crippen LogP contribution is -2.36. The fourth-order valence-corrected chi connectivity index (χ4v) is 2.56. The van der Waals surface area contributed by atoms with Crippen molar-refractivity contribution in [2.24, 2.45) is 0 Å². The Labute approximate surface area is 106 Å². The second-order valence-electron chi connectivity index (χ2n) is 4.43. The Hall–Kier alpha value is -0.640. The molecule has 2 rings (SSSR count). The van der Waals surface area contributed by atoms with E-state index in [1.165, 1.54) is 6.07 Å². The first kappa shape index (κ1) is 12.8. The van der Waals surface area contributed by atoms with Gasteiger partial charge in [-0.2, -0.15) is 0 Å². The zero-order valence-electron chi connectivity index (χ0n) is 9.88. The molecule has 0 bridgehead atoms. The third kappa shape index (κ3) is 3.18. The molecule has 1 aliphatic rings. The lowest BCUT2D eigenvalue weighted by atomic mass is 10.1. The number of methoxy groups -OCH3 is 1. The Kier molecular flexibility index (Phi) is 4.37. The molecule has 94 valence electrons. The molecule has 0 amide bonds. The normalized spacial score (nSPS) is 24.2. The molecule has 2 unspecified atom stereocenters. The number of benzene rings is 1. The Morgan fingerprint density at radius 1 is 1.47 bits per heavy atom. The van der Waals surface area contributed by atoms with Gasteiger partial charge in [-0.15, -0.1) is 0 Å². The number of nitrogens with one attached hydrogen (secondary N) is 1. The molecule has 4 heteroatoms. The number of hydrogen-bond acceptors (Lipinski definition) is 2. The van der Waals surface area contributed by atoms with Gasteiger partial charge in [0.25, 0.3) is 0 Å². The van der Waals surface area contributed by atoms with Crippen LogP contribution in [0, 0.1) is 5.82 Å². The maximum absolute atomic E-state index is 13.5. The molecule has 0 heterocycles. The first-order valence-corrected chi connectivity index (χ1v) is 6.28. The van der Waals surface area contributed by atoms with E-state index < -0.39 is 0 Å². The molecule has 17 heavy (non-hydrogen) atoms. The monoisotopic (exact) mass is 257 g/mol. The van der Waals surface area contributed by atoms with Gasteiger partial charge in [0.1, 0.15) is 5.82 Å². The van der Waals surface area contributed by atoms with Gasteiger partial charge in [0.2, 0.25) is 0 Å². The van der Waals surface area contributed by atoms with Crippen LogP contribution < -0.4 is 5.32 Å². The van der Waals surface area contributed by atoms with Crippen LogP contribution in [-0.2, 0) is 11.3 Å². The van der Waals surface area contributed by atoms with Crippen LogP contribution in [-0.4, -0.2) is 19.3 Å². The molecule has 1 aromatic carbocycles. The van der Waals surface area contributed by atoms with E-state index in [0.29, 0.717) is 23.2 Å². The molecule has 0 radical (unpaired) electrons. The summed E-state index contributed by atoms with van der Waals surface area (Å²) >= 11 is 5.85. The van der Waals surface area contributed by atoms with E-state index in [0.717, 1.165) is 19.3 Å². The number of halogens is 2. The highest BCUT2D eigenvalue weighted by molar-refractivity contribution is 6.30. The zero-order chi connectivity index (χ0) is 12.3. The van der Waals surface area contributed by atoms with Gasteiger partial charge in [0, 0.05) is 30.3 Å². The van der Waals surface area contributed by atoms with Crippen molar-refractivity contribution in [2.45, 2.75) is 38.0 Å². The second-order valence-corrected chi connectivity index (χ2v) is 4.86. The molecule has 2 atom stereocenters. The third-order valence-corrected chi connectivity index (χ3v) is 3.55. The van der Waals surface area contributed by atoms with Crippen LogP contribution in [0.3, 0.4) is 0 Å². The Morgan fingerprint density at radius 2 is 2.29 bits per heavy atom. The van der Waals surface area contributed by atoms with Gasteiger partial charge in [0.15, 0.2) is 0 Å². The molecule has 0 spiro atoms. The summed E-state index contributed by atoms with van der Waals surface area (Å²) in [5, 5.41) is 3.91. The Bertz CT molecular complexity index is 386. The SMILES string of the molecule is COC1CCCC1NCc1cc(Cl)ccc1F. The third-order valence-electron chi connectivity index (χ3n) is 3.32. The lowest BCUT2D eigenvalue weighted by Gasteiger charge is -2.19. The first-order valence-electron chi connectivity index (χ1n) is 5.91. The molecular formula is C13H17ClFNO. The van der Waals surface area contributed by atoms with Crippen LogP contribution in [0.25, 0.3) is 0 Å². The molecule has 0 saturated heterocycles. The lowest BCUT2D eigenvalue weighted by molar-refractivity contribution is 0.0846. The van der Waals surface area contributed by atoms with Gasteiger partial charge < -0.3 is 10.1 Å². The maximum Gasteiger partial charge on any atom is 0.127 e. The van der Waals surface area contributed by atoms with Crippen LogP contribution in [0.4, 0.5) is 4.39 Å². The summed E-state index contributed by atoms with van der Waals surface area (Å²) in [6.07, 6.45) is 3.57. The van der Waals surface area contributed by atoms with E-state index in [-0.39, 0.29) is 11.9 Å². The number of hydrogen-bond donors (Lipinski definition) is 1. The van der Waals surface area contributed by atoms with Gasteiger partial charge >= 0.3 is 0 Å². The Balaban J connectivity index is 1.95. The fourth-order valence-electron chi connectivity index (χ4n) is 2.36. The molecule has 1 fully saturated rings. The number of ether oxygens (including phenoxy) is 1. The van der Waals surface area contributed by atoms with Gasteiger partial charge in [0.05, 0.1) is 6.10 Å². The van der Waals surface area contributed by atoms with Crippen LogP contribution in [0.5, 0.6) is 0 Å². The molecule has 1 aromatic rings. The van der Waals surface area contributed by atoms with E-state index >= 15 is 0 Å². The largest absolute Gasteiger partial charge is 0.380 e. The average Bonchev–Trinajstić information content (AvgIpc) is 2.77. The van der Waals surface area contributed by atoms with Crippen molar-refractivity contribution in [1.29, 1.82) is 0 Å². The summed E-state index contributed by atoms with van der Waals surface area (Å²) in [5.74, 6) is -0.214. The van der Waals surface area contributed by atoms with E-state index in [1.807, 2.05) is 0 Å². The van der Waals surface area contributed by atoms with Crippen molar-refractivity contribution in [1.82, 2.24) is 5.32 Å². The van der Waals surface area contributed by atoms with Gasteiger partial charge in [-0.25, -0.2) is 4.39 Å². The van der Waals surface area contributed by atoms with Crippen molar-refractivity contribution in [3.8, 4) is 0 Å². The molecule has 1 saturated carbocycles. The summed E-state index contributed by atoms with van der Waals surface area (Å²) < 4.78 is 18.9. The molecule has 1 aliphatic carbocycles. The standard InChI is InChI=1S/C13H17ClFNO/c1-17-13-4-2-3-12(13)16-8-9-7-10(14)5-6-11(9)15/h5-7,12-13,16H,2-4,8H2,1H3. The fraction of sp³-hybridized carbons (Fsp3) is 0.538. The zero-order valence-corrected chi connectivity index (χ0v) is 10.6. The van der Waals surface area contributed by atoms with Crippen molar-refractivity contribution < 1.29 is 9.13 Å². The predicted molar refractivity (Wildman–Crippen MR) is 66.7 cm³/mol. The van der Waals surface area contributed by atoms with Crippen molar-refractivity contribution in [3.63, 3.8) is 0 Å². The molecule has 0 aliphatic heterocycles. The van der Waals surface area contributed by atoms with Gasteiger partial charge in [-0.05, 0) is 37.5 Å². The van der Waals surface area contributed by atoms with E-state index in [1.54, 1.807) is 19.2 Å². The molecule has 1 N–H and O–H groups in total. The summed E-state index contributed by atoms with van der Waals surface area (Å²) in [5.41, 5.74) is 0.610. The highest BCUT2D eigenvalue weighted by Crippen LogP contribution is 2.22. The highest BCUT2D eigenvalue weighted by atomic mass is 35.5. The number of rotatable bonds is 4. The minimum Gasteiger partial charge on any atom is -0.380 e. The summed E-state index contributed by atoms with van der Waals surface area (Å²) in [7, 11) is 1.73. The Morgan fingerprint density at radius 3 is 3.06 bits per heavy atom.